The number of hydrogen-bond acceptors (Lipinski definition) is 3. The third kappa shape index (κ3) is 3.24. The third-order valence-corrected chi connectivity index (χ3v) is 3.29. The topological polar surface area (TPSA) is 55.9 Å². The lowest BCUT2D eigenvalue weighted by atomic mass is 10.1. The number of benzene rings is 1. The predicted molar refractivity (Wildman–Crippen MR) is 82.6 cm³/mol. The van der Waals surface area contributed by atoms with Crippen LogP contribution in [0.15, 0.2) is 24.4 Å². The van der Waals surface area contributed by atoms with Gasteiger partial charge in [0, 0.05) is 41.6 Å². The Morgan fingerprint density at radius 3 is 2.84 bits per heavy atom. The molecule has 0 amide bonds. The van der Waals surface area contributed by atoms with Crippen LogP contribution in [0.3, 0.4) is 0 Å². The Kier molecular flexibility index (Phi) is 4.07. The molecule has 0 aliphatic rings. The molecule has 19 heavy (non-hydrogen) atoms. The summed E-state index contributed by atoms with van der Waals surface area (Å²) in [4.78, 5) is 0.349. The molecular weight excluding hydrogens is 280 g/mol. The fourth-order valence-electron chi connectivity index (χ4n) is 1.89. The summed E-state index contributed by atoms with van der Waals surface area (Å²) >= 11 is 11.0. The first-order valence-corrected chi connectivity index (χ1v) is 6.58. The quantitative estimate of drug-likeness (QED) is 0.851. The fourth-order valence-corrected chi connectivity index (χ4v) is 2.24. The maximum Gasteiger partial charge on any atom is 0.106 e. The fraction of sp³-hybridized carbons (Fsp3) is 0.231. The van der Waals surface area contributed by atoms with Crippen molar-refractivity contribution < 1.29 is 0 Å². The SMILES string of the molecule is Cc1nn(C)cc1CNc1cc(Cl)ccc1C(N)=S. The lowest BCUT2D eigenvalue weighted by molar-refractivity contribution is 0.756. The van der Waals surface area contributed by atoms with Crippen molar-refractivity contribution in [3.8, 4) is 0 Å². The number of nitrogens with zero attached hydrogens (tertiary/aromatic N) is 2. The predicted octanol–water partition coefficient (Wildman–Crippen LogP) is 2.63. The molecule has 0 bridgehead atoms. The molecule has 2 rings (SSSR count). The number of halogens is 1. The minimum atomic E-state index is 0.349. The Morgan fingerprint density at radius 2 is 2.26 bits per heavy atom. The summed E-state index contributed by atoms with van der Waals surface area (Å²) in [6.45, 7) is 2.62. The van der Waals surface area contributed by atoms with Crippen molar-refractivity contribution in [1.29, 1.82) is 0 Å². The Bertz CT molecular complexity index is 621. The smallest absolute Gasteiger partial charge is 0.106 e. The largest absolute Gasteiger partial charge is 0.389 e. The molecule has 0 aliphatic heterocycles. The molecule has 4 nitrogen and oxygen atoms in total. The maximum absolute atomic E-state index is 6.00. The van der Waals surface area contributed by atoms with E-state index in [2.05, 4.69) is 10.4 Å². The van der Waals surface area contributed by atoms with Gasteiger partial charge in [-0.2, -0.15) is 5.10 Å². The zero-order valence-electron chi connectivity index (χ0n) is 10.8. The van der Waals surface area contributed by atoms with Gasteiger partial charge in [-0.05, 0) is 25.1 Å². The second-order valence-electron chi connectivity index (χ2n) is 4.32. The summed E-state index contributed by atoms with van der Waals surface area (Å²) in [5.41, 5.74) is 9.44. The molecule has 1 aromatic heterocycles. The van der Waals surface area contributed by atoms with Crippen molar-refractivity contribution in [3.63, 3.8) is 0 Å². The Balaban J connectivity index is 2.21. The monoisotopic (exact) mass is 294 g/mol. The molecule has 3 N–H and O–H groups in total. The zero-order chi connectivity index (χ0) is 14.0. The van der Waals surface area contributed by atoms with E-state index < -0.39 is 0 Å². The van der Waals surface area contributed by atoms with Crippen LogP contribution in [0, 0.1) is 6.92 Å². The average Bonchev–Trinajstić information content (AvgIpc) is 2.65. The number of thiocarbonyl (C=S) groups is 1. The summed E-state index contributed by atoms with van der Waals surface area (Å²) in [7, 11) is 1.90. The second kappa shape index (κ2) is 5.59. The van der Waals surface area contributed by atoms with Crippen LogP contribution in [0.25, 0.3) is 0 Å². The highest BCUT2D eigenvalue weighted by Crippen LogP contribution is 2.22. The molecule has 0 saturated carbocycles. The molecule has 6 heteroatoms. The van der Waals surface area contributed by atoms with Gasteiger partial charge in [0.05, 0.1) is 5.69 Å². The Morgan fingerprint density at radius 1 is 1.53 bits per heavy atom. The molecule has 0 radical (unpaired) electrons. The van der Waals surface area contributed by atoms with E-state index in [1.807, 2.05) is 32.3 Å². The molecule has 0 aliphatic carbocycles. The minimum absolute atomic E-state index is 0.349. The van der Waals surface area contributed by atoms with Crippen LogP contribution >= 0.6 is 23.8 Å². The van der Waals surface area contributed by atoms with Crippen molar-refractivity contribution >= 4 is 34.5 Å². The summed E-state index contributed by atoms with van der Waals surface area (Å²) in [5, 5.41) is 8.24. The summed E-state index contributed by atoms with van der Waals surface area (Å²) in [5.74, 6) is 0. The minimum Gasteiger partial charge on any atom is -0.389 e. The van der Waals surface area contributed by atoms with E-state index in [-0.39, 0.29) is 0 Å². The number of anilines is 1. The van der Waals surface area contributed by atoms with Crippen molar-refractivity contribution in [1.82, 2.24) is 9.78 Å². The first kappa shape index (κ1) is 13.8. The van der Waals surface area contributed by atoms with Gasteiger partial charge in [0.25, 0.3) is 0 Å². The van der Waals surface area contributed by atoms with Crippen LogP contribution in [0.1, 0.15) is 16.8 Å². The summed E-state index contributed by atoms with van der Waals surface area (Å²) in [6, 6.07) is 5.42. The van der Waals surface area contributed by atoms with Gasteiger partial charge in [-0.15, -0.1) is 0 Å². The average molecular weight is 295 g/mol. The lowest BCUT2D eigenvalue weighted by Crippen LogP contribution is -2.13. The highest BCUT2D eigenvalue weighted by Gasteiger charge is 2.08. The van der Waals surface area contributed by atoms with E-state index >= 15 is 0 Å². The molecule has 0 fully saturated rings. The molecule has 1 heterocycles. The van der Waals surface area contributed by atoms with Gasteiger partial charge in [0.15, 0.2) is 0 Å². The van der Waals surface area contributed by atoms with E-state index in [4.69, 9.17) is 29.6 Å². The molecule has 1 aromatic carbocycles. The molecule has 2 aromatic rings. The van der Waals surface area contributed by atoms with Gasteiger partial charge in [0.2, 0.25) is 0 Å². The van der Waals surface area contributed by atoms with E-state index in [0.717, 1.165) is 22.5 Å². The van der Waals surface area contributed by atoms with Crippen LogP contribution in [0.2, 0.25) is 5.02 Å². The Labute approximate surface area is 122 Å². The number of rotatable bonds is 4. The van der Waals surface area contributed by atoms with Gasteiger partial charge < -0.3 is 11.1 Å². The van der Waals surface area contributed by atoms with Crippen molar-refractivity contribution in [2.24, 2.45) is 12.8 Å². The molecule has 0 spiro atoms. The third-order valence-electron chi connectivity index (χ3n) is 2.83. The summed E-state index contributed by atoms with van der Waals surface area (Å²) < 4.78 is 1.79. The number of aryl methyl sites for hydroxylation is 2. The van der Waals surface area contributed by atoms with Crippen LogP contribution in [0.4, 0.5) is 5.69 Å². The van der Waals surface area contributed by atoms with Gasteiger partial charge in [-0.25, -0.2) is 0 Å². The van der Waals surface area contributed by atoms with Crippen LogP contribution < -0.4 is 11.1 Å². The normalized spacial score (nSPS) is 10.5. The number of hydrogen-bond donors (Lipinski definition) is 2. The molecule has 100 valence electrons. The number of nitrogens with two attached hydrogens (primary N) is 1. The molecule has 0 atom stereocenters. The number of nitrogens with one attached hydrogen (secondary N) is 1. The van der Waals surface area contributed by atoms with Gasteiger partial charge in [0.1, 0.15) is 4.99 Å². The van der Waals surface area contributed by atoms with Gasteiger partial charge in [-0.1, -0.05) is 23.8 Å². The van der Waals surface area contributed by atoms with E-state index in [1.165, 1.54) is 0 Å². The first-order chi connectivity index (χ1) is 8.97. The summed E-state index contributed by atoms with van der Waals surface area (Å²) in [6.07, 6.45) is 1.98. The van der Waals surface area contributed by atoms with E-state index in [1.54, 1.807) is 10.7 Å². The highest BCUT2D eigenvalue weighted by molar-refractivity contribution is 7.80. The molecule has 0 saturated heterocycles. The van der Waals surface area contributed by atoms with E-state index in [0.29, 0.717) is 16.6 Å². The first-order valence-electron chi connectivity index (χ1n) is 5.79. The second-order valence-corrected chi connectivity index (χ2v) is 5.20. The lowest BCUT2D eigenvalue weighted by Gasteiger charge is -2.11. The van der Waals surface area contributed by atoms with Crippen LogP contribution in [0.5, 0.6) is 0 Å². The van der Waals surface area contributed by atoms with E-state index in [9.17, 15) is 0 Å². The molecule has 0 unspecified atom stereocenters. The maximum atomic E-state index is 6.00. The molecular formula is C13H15ClN4S. The van der Waals surface area contributed by atoms with Gasteiger partial charge in [-0.3, -0.25) is 4.68 Å². The Hall–Kier alpha value is -1.59. The number of aromatic nitrogens is 2. The standard InChI is InChI=1S/C13H15ClN4S/c1-8-9(7-18(2)17-8)6-16-12-5-10(14)3-4-11(12)13(15)19/h3-5,7,16H,6H2,1-2H3,(H2,15,19). The van der Waals surface area contributed by atoms with Crippen molar-refractivity contribution in [2.45, 2.75) is 13.5 Å². The van der Waals surface area contributed by atoms with Crippen molar-refractivity contribution in [2.75, 3.05) is 5.32 Å². The highest BCUT2D eigenvalue weighted by atomic mass is 35.5. The van der Waals surface area contributed by atoms with Crippen LogP contribution in [-0.2, 0) is 13.6 Å². The van der Waals surface area contributed by atoms with Crippen LogP contribution in [-0.4, -0.2) is 14.8 Å². The van der Waals surface area contributed by atoms with Crippen molar-refractivity contribution in [3.05, 3.63) is 46.2 Å². The van der Waals surface area contributed by atoms with Gasteiger partial charge >= 0.3 is 0 Å². The zero-order valence-corrected chi connectivity index (χ0v) is 12.3.